The number of rotatable bonds is 3. The second-order valence-electron chi connectivity index (χ2n) is 4.70. The van der Waals surface area contributed by atoms with E-state index in [1.165, 1.54) is 0 Å². The quantitative estimate of drug-likeness (QED) is 0.688. The fraction of sp³-hybridized carbons (Fsp3) is 0.188. The fourth-order valence-corrected chi connectivity index (χ4v) is 2.04. The summed E-state index contributed by atoms with van der Waals surface area (Å²) in [5, 5.41) is 0. The van der Waals surface area contributed by atoms with Crippen molar-refractivity contribution >= 4 is 17.1 Å². The Morgan fingerprint density at radius 2 is 2.05 bits per heavy atom. The maximum atomic E-state index is 12.1. The monoisotopic (exact) mass is 282 g/mol. The summed E-state index contributed by atoms with van der Waals surface area (Å²) < 4.78 is 11.0. The molecular weight excluding hydrogens is 268 g/mol. The largest absolute Gasteiger partial charge is 0.449 e. The van der Waals surface area contributed by atoms with Gasteiger partial charge in [0.05, 0.1) is 11.3 Å². The van der Waals surface area contributed by atoms with Crippen molar-refractivity contribution in [3.05, 3.63) is 59.7 Å². The van der Waals surface area contributed by atoms with Crippen LogP contribution in [-0.2, 0) is 4.74 Å². The van der Waals surface area contributed by atoms with Crippen molar-refractivity contribution in [2.75, 3.05) is 0 Å². The molecule has 0 N–H and O–H groups in total. The maximum absolute atomic E-state index is 12.1. The average Bonchev–Trinajstić information content (AvgIpc) is 2.91. The first-order valence-corrected chi connectivity index (χ1v) is 6.63. The van der Waals surface area contributed by atoms with Crippen LogP contribution in [0.5, 0.6) is 0 Å². The Hall–Kier alpha value is -2.69. The number of ether oxygens (including phenoxy) is 1. The van der Waals surface area contributed by atoms with Crippen molar-refractivity contribution in [3.63, 3.8) is 0 Å². The molecule has 0 aliphatic heterocycles. The van der Waals surface area contributed by atoms with Gasteiger partial charge in [-0.2, -0.15) is 0 Å². The minimum atomic E-state index is -0.565. The summed E-state index contributed by atoms with van der Waals surface area (Å²) in [6, 6.07) is 10.8. The Labute approximate surface area is 121 Å². The first kappa shape index (κ1) is 13.3. The summed E-state index contributed by atoms with van der Waals surface area (Å²) in [7, 11) is 0. The average molecular weight is 282 g/mol. The molecule has 21 heavy (non-hydrogen) atoms. The summed E-state index contributed by atoms with van der Waals surface area (Å²) in [6.45, 7) is 3.50. The lowest BCUT2D eigenvalue weighted by atomic mass is 10.2. The molecule has 0 fully saturated rings. The number of oxazole rings is 1. The van der Waals surface area contributed by atoms with Crippen molar-refractivity contribution in [3.8, 4) is 0 Å². The lowest BCUT2D eigenvalue weighted by Gasteiger charge is -2.10. The molecule has 0 aliphatic carbocycles. The molecule has 5 heteroatoms. The normalized spacial score (nSPS) is 12.3. The van der Waals surface area contributed by atoms with Crippen molar-refractivity contribution in [1.82, 2.24) is 9.97 Å². The van der Waals surface area contributed by atoms with Gasteiger partial charge in [0.15, 0.2) is 11.7 Å². The van der Waals surface area contributed by atoms with Gasteiger partial charge in [-0.05, 0) is 38.1 Å². The van der Waals surface area contributed by atoms with E-state index in [0.717, 1.165) is 5.52 Å². The first-order valence-electron chi connectivity index (χ1n) is 6.63. The number of pyridine rings is 1. The highest BCUT2D eigenvalue weighted by Crippen LogP contribution is 2.23. The van der Waals surface area contributed by atoms with Gasteiger partial charge in [0.1, 0.15) is 5.52 Å². The van der Waals surface area contributed by atoms with Crippen LogP contribution in [0.2, 0.25) is 0 Å². The van der Waals surface area contributed by atoms with E-state index in [4.69, 9.17) is 9.15 Å². The lowest BCUT2D eigenvalue weighted by Crippen LogP contribution is -2.11. The maximum Gasteiger partial charge on any atom is 0.340 e. The van der Waals surface area contributed by atoms with Gasteiger partial charge in [-0.25, -0.2) is 9.78 Å². The Bertz CT molecular complexity index is 762. The van der Waals surface area contributed by atoms with Crippen LogP contribution in [0.25, 0.3) is 11.1 Å². The standard InChI is InChI=1S/C16H14N2O3/c1-10-12(6-5-9-17-10)16(19)20-11(2)15-18-13-7-3-4-8-14(13)21-15/h3-9,11H,1-2H3/t11-/m1/s1. The van der Waals surface area contributed by atoms with Crippen LogP contribution in [0.15, 0.2) is 47.0 Å². The summed E-state index contributed by atoms with van der Waals surface area (Å²) in [4.78, 5) is 20.5. The SMILES string of the molecule is Cc1ncccc1C(=O)O[C@H](C)c1nc2ccccc2o1. The highest BCUT2D eigenvalue weighted by atomic mass is 16.6. The molecular formula is C16H14N2O3. The molecule has 0 aliphatic rings. The zero-order valence-electron chi connectivity index (χ0n) is 11.7. The van der Waals surface area contributed by atoms with Crippen molar-refractivity contribution in [1.29, 1.82) is 0 Å². The molecule has 0 spiro atoms. The number of nitrogens with zero attached hydrogens (tertiary/aromatic N) is 2. The van der Waals surface area contributed by atoms with Gasteiger partial charge in [0.25, 0.3) is 0 Å². The highest BCUT2D eigenvalue weighted by Gasteiger charge is 2.20. The topological polar surface area (TPSA) is 65.2 Å². The molecule has 0 bridgehead atoms. The van der Waals surface area contributed by atoms with Crippen LogP contribution in [0.3, 0.4) is 0 Å². The number of aryl methyl sites for hydroxylation is 1. The van der Waals surface area contributed by atoms with Crippen molar-refractivity contribution < 1.29 is 13.9 Å². The molecule has 0 radical (unpaired) electrons. The van der Waals surface area contributed by atoms with Gasteiger partial charge in [0.2, 0.25) is 5.89 Å². The molecule has 3 rings (SSSR count). The van der Waals surface area contributed by atoms with Gasteiger partial charge >= 0.3 is 5.97 Å². The van der Waals surface area contributed by atoms with Crippen LogP contribution in [0, 0.1) is 6.92 Å². The van der Waals surface area contributed by atoms with E-state index in [9.17, 15) is 4.79 Å². The molecule has 0 saturated carbocycles. The second-order valence-corrected chi connectivity index (χ2v) is 4.70. The lowest BCUT2D eigenvalue weighted by molar-refractivity contribution is 0.0281. The second kappa shape index (κ2) is 5.36. The molecule has 0 saturated heterocycles. The molecule has 1 aromatic carbocycles. The summed E-state index contributed by atoms with van der Waals surface area (Å²) >= 11 is 0. The van der Waals surface area contributed by atoms with Crippen LogP contribution in [0.4, 0.5) is 0 Å². The Morgan fingerprint density at radius 3 is 2.81 bits per heavy atom. The van der Waals surface area contributed by atoms with Crippen LogP contribution >= 0.6 is 0 Å². The summed E-state index contributed by atoms with van der Waals surface area (Å²) in [5.41, 5.74) is 2.49. The smallest absolute Gasteiger partial charge is 0.340 e. The van der Waals surface area contributed by atoms with E-state index < -0.39 is 12.1 Å². The molecule has 5 nitrogen and oxygen atoms in total. The molecule has 0 unspecified atom stereocenters. The number of fused-ring (bicyclic) bond motifs is 1. The summed E-state index contributed by atoms with van der Waals surface area (Å²) in [6.07, 6.45) is 1.07. The van der Waals surface area contributed by atoms with Gasteiger partial charge in [-0.1, -0.05) is 12.1 Å². The van der Waals surface area contributed by atoms with Gasteiger partial charge in [0, 0.05) is 6.20 Å². The van der Waals surface area contributed by atoms with Gasteiger partial charge < -0.3 is 9.15 Å². The Morgan fingerprint density at radius 1 is 1.24 bits per heavy atom. The molecule has 2 heterocycles. The highest BCUT2D eigenvalue weighted by molar-refractivity contribution is 5.90. The van der Waals surface area contributed by atoms with Crippen LogP contribution in [0.1, 0.15) is 35.0 Å². The zero-order chi connectivity index (χ0) is 14.8. The fourth-order valence-electron chi connectivity index (χ4n) is 2.04. The van der Waals surface area contributed by atoms with E-state index in [2.05, 4.69) is 9.97 Å². The number of esters is 1. The van der Waals surface area contributed by atoms with Crippen LogP contribution < -0.4 is 0 Å². The number of hydrogen-bond acceptors (Lipinski definition) is 5. The number of carbonyl (C=O) groups excluding carboxylic acids is 1. The molecule has 1 atom stereocenters. The third-order valence-electron chi connectivity index (χ3n) is 3.17. The first-order chi connectivity index (χ1) is 10.1. The van der Waals surface area contributed by atoms with Crippen LogP contribution in [-0.4, -0.2) is 15.9 Å². The Kier molecular flexibility index (Phi) is 3.39. The Balaban J connectivity index is 1.81. The van der Waals surface area contributed by atoms with E-state index in [-0.39, 0.29) is 0 Å². The third kappa shape index (κ3) is 2.63. The molecule has 3 aromatic rings. The molecule has 106 valence electrons. The zero-order valence-corrected chi connectivity index (χ0v) is 11.7. The number of para-hydroxylation sites is 2. The summed E-state index contributed by atoms with van der Waals surface area (Å²) in [5.74, 6) is -0.0542. The van der Waals surface area contributed by atoms with Gasteiger partial charge in [-0.15, -0.1) is 0 Å². The van der Waals surface area contributed by atoms with E-state index in [1.807, 2.05) is 24.3 Å². The van der Waals surface area contributed by atoms with E-state index in [0.29, 0.717) is 22.7 Å². The number of carbonyl (C=O) groups is 1. The number of hydrogen-bond donors (Lipinski definition) is 0. The van der Waals surface area contributed by atoms with Crippen molar-refractivity contribution in [2.24, 2.45) is 0 Å². The number of benzene rings is 1. The predicted octanol–water partition coefficient (Wildman–Crippen LogP) is 3.45. The van der Waals surface area contributed by atoms with E-state index in [1.54, 1.807) is 32.2 Å². The third-order valence-corrected chi connectivity index (χ3v) is 3.17. The molecule has 2 aromatic heterocycles. The van der Waals surface area contributed by atoms with Crippen molar-refractivity contribution in [2.45, 2.75) is 20.0 Å². The van der Waals surface area contributed by atoms with Gasteiger partial charge in [-0.3, -0.25) is 4.98 Å². The minimum absolute atomic E-state index is 0.381. The minimum Gasteiger partial charge on any atom is -0.449 e. The van der Waals surface area contributed by atoms with E-state index >= 15 is 0 Å². The number of aromatic nitrogens is 2. The molecule has 0 amide bonds. The predicted molar refractivity (Wildman–Crippen MR) is 76.8 cm³/mol.